The number of nitrogens with two attached hydrogens (primary N) is 1. The Labute approximate surface area is 61.0 Å². The molecule has 3 heteroatoms. The SMILES string of the molecule is CC1(C)C[C@@H](CN)NC1=O. The third-order valence-electron chi connectivity index (χ3n) is 1.99. The van der Waals surface area contributed by atoms with Gasteiger partial charge in [-0.15, -0.1) is 0 Å². The highest BCUT2D eigenvalue weighted by Crippen LogP contribution is 2.27. The van der Waals surface area contributed by atoms with Crippen LogP contribution in [0.25, 0.3) is 0 Å². The van der Waals surface area contributed by atoms with Crippen LogP contribution >= 0.6 is 0 Å². The maximum absolute atomic E-state index is 11.1. The molecule has 0 bridgehead atoms. The lowest BCUT2D eigenvalue weighted by atomic mass is 9.90. The van der Waals surface area contributed by atoms with Gasteiger partial charge in [-0.3, -0.25) is 4.79 Å². The van der Waals surface area contributed by atoms with Crippen molar-refractivity contribution >= 4 is 5.91 Å². The van der Waals surface area contributed by atoms with Crippen LogP contribution in [0.3, 0.4) is 0 Å². The number of hydrogen-bond donors (Lipinski definition) is 2. The average molecular weight is 142 g/mol. The van der Waals surface area contributed by atoms with Crippen LogP contribution in [-0.4, -0.2) is 18.5 Å². The number of rotatable bonds is 1. The highest BCUT2D eigenvalue weighted by molar-refractivity contribution is 5.84. The summed E-state index contributed by atoms with van der Waals surface area (Å²) in [4.78, 5) is 11.1. The lowest BCUT2D eigenvalue weighted by Gasteiger charge is -2.11. The molecule has 1 atom stereocenters. The second-order valence-electron chi connectivity index (χ2n) is 3.49. The molecule has 0 unspecified atom stereocenters. The van der Waals surface area contributed by atoms with E-state index in [-0.39, 0.29) is 17.4 Å². The maximum atomic E-state index is 11.1. The van der Waals surface area contributed by atoms with E-state index in [0.29, 0.717) is 6.54 Å². The van der Waals surface area contributed by atoms with Crippen molar-refractivity contribution in [2.24, 2.45) is 11.1 Å². The van der Waals surface area contributed by atoms with Gasteiger partial charge < -0.3 is 11.1 Å². The van der Waals surface area contributed by atoms with Crippen LogP contribution < -0.4 is 11.1 Å². The predicted octanol–water partition coefficient (Wildman–Crippen LogP) is -0.140. The molecule has 10 heavy (non-hydrogen) atoms. The molecule has 0 aliphatic carbocycles. The highest BCUT2D eigenvalue weighted by Gasteiger charge is 2.37. The smallest absolute Gasteiger partial charge is 0.225 e. The summed E-state index contributed by atoms with van der Waals surface area (Å²) < 4.78 is 0. The van der Waals surface area contributed by atoms with Crippen LogP contribution in [0, 0.1) is 5.41 Å². The summed E-state index contributed by atoms with van der Waals surface area (Å²) in [5, 5.41) is 2.83. The van der Waals surface area contributed by atoms with Gasteiger partial charge in [0.05, 0.1) is 0 Å². The van der Waals surface area contributed by atoms with Crippen molar-refractivity contribution in [1.29, 1.82) is 0 Å². The summed E-state index contributed by atoms with van der Waals surface area (Å²) in [5.41, 5.74) is 5.20. The first-order chi connectivity index (χ1) is 4.56. The molecule has 1 aliphatic heterocycles. The Bertz CT molecular complexity index is 154. The zero-order valence-electron chi connectivity index (χ0n) is 6.48. The second kappa shape index (κ2) is 2.23. The molecule has 0 saturated carbocycles. The molecule has 0 aromatic carbocycles. The van der Waals surface area contributed by atoms with E-state index in [4.69, 9.17) is 5.73 Å². The molecule has 3 nitrogen and oxygen atoms in total. The van der Waals surface area contributed by atoms with Crippen molar-refractivity contribution in [3.63, 3.8) is 0 Å². The first kappa shape index (κ1) is 7.54. The van der Waals surface area contributed by atoms with Crippen molar-refractivity contribution in [2.45, 2.75) is 26.3 Å². The second-order valence-corrected chi connectivity index (χ2v) is 3.49. The Kier molecular flexibility index (Phi) is 1.68. The number of nitrogens with one attached hydrogen (secondary N) is 1. The first-order valence-electron chi connectivity index (χ1n) is 3.57. The minimum atomic E-state index is -0.204. The van der Waals surface area contributed by atoms with Crippen LogP contribution in [0.2, 0.25) is 0 Å². The van der Waals surface area contributed by atoms with Crippen molar-refractivity contribution in [3.05, 3.63) is 0 Å². The zero-order valence-corrected chi connectivity index (χ0v) is 6.48. The van der Waals surface area contributed by atoms with E-state index in [1.54, 1.807) is 0 Å². The summed E-state index contributed by atoms with van der Waals surface area (Å²) in [6, 6.07) is 0.197. The highest BCUT2D eigenvalue weighted by atomic mass is 16.2. The van der Waals surface area contributed by atoms with Crippen LogP contribution in [0.15, 0.2) is 0 Å². The minimum absolute atomic E-state index is 0.128. The Morgan fingerprint density at radius 1 is 1.80 bits per heavy atom. The van der Waals surface area contributed by atoms with E-state index in [0.717, 1.165) is 6.42 Å². The van der Waals surface area contributed by atoms with Crippen molar-refractivity contribution < 1.29 is 4.79 Å². The molecule has 1 amide bonds. The summed E-state index contributed by atoms with van der Waals surface area (Å²) in [7, 11) is 0. The fourth-order valence-corrected chi connectivity index (χ4v) is 1.28. The molecular weight excluding hydrogens is 128 g/mol. The number of carbonyl (C=O) groups excluding carboxylic acids is 1. The van der Waals surface area contributed by atoms with Gasteiger partial charge >= 0.3 is 0 Å². The Hall–Kier alpha value is -0.570. The standard InChI is InChI=1S/C7H14N2O/c1-7(2)3-5(4-8)9-6(7)10/h5H,3-4,8H2,1-2H3,(H,9,10)/t5-/m0/s1. The molecule has 1 aliphatic rings. The zero-order chi connectivity index (χ0) is 7.78. The average Bonchev–Trinajstić information content (AvgIpc) is 2.08. The molecule has 0 aromatic heterocycles. The van der Waals surface area contributed by atoms with Crippen molar-refractivity contribution in [3.8, 4) is 0 Å². The van der Waals surface area contributed by atoms with E-state index in [9.17, 15) is 4.79 Å². The number of carbonyl (C=O) groups is 1. The Morgan fingerprint density at radius 2 is 2.40 bits per heavy atom. The number of hydrogen-bond acceptors (Lipinski definition) is 2. The van der Waals surface area contributed by atoms with E-state index in [1.165, 1.54) is 0 Å². The quantitative estimate of drug-likeness (QED) is 0.535. The summed E-state index contributed by atoms with van der Waals surface area (Å²) in [6.07, 6.45) is 0.863. The van der Waals surface area contributed by atoms with Crippen LogP contribution in [0.1, 0.15) is 20.3 Å². The monoisotopic (exact) mass is 142 g/mol. The van der Waals surface area contributed by atoms with Gasteiger partial charge in [0.15, 0.2) is 0 Å². The van der Waals surface area contributed by atoms with Gasteiger partial charge in [-0.2, -0.15) is 0 Å². The first-order valence-corrected chi connectivity index (χ1v) is 3.57. The summed E-state index contributed by atoms with van der Waals surface area (Å²) in [6.45, 7) is 4.44. The van der Waals surface area contributed by atoms with Crippen LogP contribution in [-0.2, 0) is 4.79 Å². The summed E-state index contributed by atoms with van der Waals surface area (Å²) in [5.74, 6) is 0.128. The van der Waals surface area contributed by atoms with Crippen LogP contribution in [0.5, 0.6) is 0 Å². The topological polar surface area (TPSA) is 55.1 Å². The molecule has 1 fully saturated rings. The molecule has 0 aromatic rings. The lowest BCUT2D eigenvalue weighted by molar-refractivity contribution is -0.126. The normalized spacial score (nSPS) is 30.3. The molecule has 3 N–H and O–H groups in total. The van der Waals surface area contributed by atoms with Gasteiger partial charge in [0, 0.05) is 18.0 Å². The molecule has 0 radical (unpaired) electrons. The summed E-state index contributed by atoms with van der Waals surface area (Å²) >= 11 is 0. The Morgan fingerprint density at radius 3 is 2.60 bits per heavy atom. The molecular formula is C7H14N2O. The third-order valence-corrected chi connectivity index (χ3v) is 1.99. The molecule has 1 saturated heterocycles. The van der Waals surface area contributed by atoms with Crippen LogP contribution in [0.4, 0.5) is 0 Å². The molecule has 0 spiro atoms. The largest absolute Gasteiger partial charge is 0.352 e. The van der Waals surface area contributed by atoms with E-state index in [2.05, 4.69) is 5.32 Å². The predicted molar refractivity (Wildman–Crippen MR) is 39.4 cm³/mol. The molecule has 1 rings (SSSR count). The third kappa shape index (κ3) is 1.14. The van der Waals surface area contributed by atoms with Gasteiger partial charge in [0.2, 0.25) is 5.91 Å². The van der Waals surface area contributed by atoms with Crippen molar-refractivity contribution in [2.75, 3.05) is 6.54 Å². The van der Waals surface area contributed by atoms with E-state index >= 15 is 0 Å². The fraction of sp³-hybridized carbons (Fsp3) is 0.857. The van der Waals surface area contributed by atoms with Gasteiger partial charge in [-0.05, 0) is 6.42 Å². The molecule has 1 heterocycles. The Balaban J connectivity index is 2.62. The van der Waals surface area contributed by atoms with E-state index in [1.807, 2.05) is 13.8 Å². The van der Waals surface area contributed by atoms with Gasteiger partial charge in [0.25, 0.3) is 0 Å². The fourth-order valence-electron chi connectivity index (χ4n) is 1.28. The minimum Gasteiger partial charge on any atom is -0.352 e. The lowest BCUT2D eigenvalue weighted by Crippen LogP contribution is -2.33. The van der Waals surface area contributed by atoms with Crippen molar-refractivity contribution in [1.82, 2.24) is 5.32 Å². The van der Waals surface area contributed by atoms with Gasteiger partial charge in [-0.1, -0.05) is 13.8 Å². The maximum Gasteiger partial charge on any atom is 0.225 e. The number of amides is 1. The van der Waals surface area contributed by atoms with Gasteiger partial charge in [0.1, 0.15) is 0 Å². The van der Waals surface area contributed by atoms with Gasteiger partial charge in [-0.25, -0.2) is 0 Å². The van der Waals surface area contributed by atoms with E-state index < -0.39 is 0 Å². The molecule has 58 valence electrons.